The van der Waals surface area contributed by atoms with Gasteiger partial charge in [0.25, 0.3) is 5.91 Å². The number of nitrogens with one attached hydrogen (secondary N) is 1. The summed E-state index contributed by atoms with van der Waals surface area (Å²) in [5, 5.41) is 2.69. The largest absolute Gasteiger partial charge is 0.322 e. The highest BCUT2D eigenvalue weighted by Gasteiger charge is 2.33. The molecule has 3 aromatic rings. The first-order chi connectivity index (χ1) is 15.0. The molecule has 0 saturated carbocycles. The molecule has 0 aromatic heterocycles. The molecule has 3 aromatic carbocycles. The van der Waals surface area contributed by atoms with Crippen LogP contribution in [0.4, 0.5) is 10.1 Å². The Balaban J connectivity index is 1.80. The number of benzene rings is 3. The maximum Gasteiger partial charge on any atom is 0.256 e. The minimum atomic E-state index is -0.460. The van der Waals surface area contributed by atoms with E-state index in [1.54, 1.807) is 36.4 Å². The zero-order valence-electron chi connectivity index (χ0n) is 16.9. The third kappa shape index (κ3) is 4.03. The van der Waals surface area contributed by atoms with Gasteiger partial charge in [-0.2, -0.15) is 0 Å². The molecule has 1 aliphatic rings. The summed E-state index contributed by atoms with van der Waals surface area (Å²) in [6.07, 6.45) is 1.86. The SMILES string of the molecule is CCCCSc1c(C(=O)Nc2cccc(F)c2)ccc2c1C(=O)c1ccccc1C2=O. The number of hydrogen-bond acceptors (Lipinski definition) is 4. The molecule has 0 atom stereocenters. The third-order valence-corrected chi connectivity index (χ3v) is 6.32. The summed E-state index contributed by atoms with van der Waals surface area (Å²) in [6, 6.07) is 15.5. The Morgan fingerprint density at radius 2 is 1.68 bits per heavy atom. The number of fused-ring (bicyclic) bond motifs is 2. The number of carbonyl (C=O) groups excluding carboxylic acids is 3. The van der Waals surface area contributed by atoms with Gasteiger partial charge in [-0.15, -0.1) is 11.8 Å². The number of rotatable bonds is 6. The molecule has 6 heteroatoms. The molecular weight excluding hydrogens is 413 g/mol. The second kappa shape index (κ2) is 8.86. The molecule has 1 N–H and O–H groups in total. The van der Waals surface area contributed by atoms with Crippen molar-refractivity contribution in [1.82, 2.24) is 0 Å². The lowest BCUT2D eigenvalue weighted by Crippen LogP contribution is -2.24. The Morgan fingerprint density at radius 1 is 0.935 bits per heavy atom. The van der Waals surface area contributed by atoms with E-state index in [0.29, 0.717) is 38.6 Å². The van der Waals surface area contributed by atoms with E-state index in [0.717, 1.165) is 12.8 Å². The first kappa shape index (κ1) is 21.0. The van der Waals surface area contributed by atoms with Gasteiger partial charge in [-0.3, -0.25) is 14.4 Å². The average molecular weight is 434 g/mol. The van der Waals surface area contributed by atoms with E-state index in [1.807, 2.05) is 0 Å². The summed E-state index contributed by atoms with van der Waals surface area (Å²) in [5.74, 6) is -0.690. The number of thioether (sulfide) groups is 1. The van der Waals surface area contributed by atoms with E-state index in [1.165, 1.54) is 36.0 Å². The molecule has 1 aliphatic carbocycles. The number of unbranched alkanes of at least 4 members (excludes halogenated alkanes) is 1. The lowest BCUT2D eigenvalue weighted by Gasteiger charge is -2.22. The van der Waals surface area contributed by atoms with E-state index < -0.39 is 11.7 Å². The standard InChI is InChI=1S/C25H20FNO3S/c1-2-3-13-31-24-20(25(30)27-16-8-6-7-15(26)14-16)12-11-19-21(24)23(29)18-10-5-4-9-17(18)22(19)28/h4-12,14H,2-3,13H2,1H3,(H,27,30). The second-order valence-corrected chi connectivity index (χ2v) is 8.34. The Hall–Kier alpha value is -3.25. The number of halogens is 1. The van der Waals surface area contributed by atoms with Crippen molar-refractivity contribution in [1.29, 1.82) is 0 Å². The highest BCUT2D eigenvalue weighted by atomic mass is 32.2. The smallest absolute Gasteiger partial charge is 0.256 e. The molecule has 0 saturated heterocycles. The minimum absolute atomic E-state index is 0.223. The van der Waals surface area contributed by atoms with E-state index >= 15 is 0 Å². The Kier molecular flexibility index (Phi) is 6.00. The topological polar surface area (TPSA) is 63.2 Å². The number of amides is 1. The van der Waals surface area contributed by atoms with Crippen LogP contribution in [-0.2, 0) is 0 Å². The van der Waals surface area contributed by atoms with Gasteiger partial charge in [0.15, 0.2) is 11.6 Å². The molecule has 1 amide bonds. The highest BCUT2D eigenvalue weighted by molar-refractivity contribution is 7.99. The van der Waals surface area contributed by atoms with Crippen molar-refractivity contribution in [2.45, 2.75) is 24.7 Å². The average Bonchev–Trinajstić information content (AvgIpc) is 2.77. The Bertz CT molecular complexity index is 1210. The zero-order chi connectivity index (χ0) is 22.0. The first-order valence-electron chi connectivity index (χ1n) is 10.1. The number of hydrogen-bond donors (Lipinski definition) is 1. The highest BCUT2D eigenvalue weighted by Crippen LogP contribution is 2.37. The molecule has 0 bridgehead atoms. The van der Waals surface area contributed by atoms with Crippen LogP contribution in [0, 0.1) is 5.82 Å². The first-order valence-corrected chi connectivity index (χ1v) is 11.0. The molecule has 0 spiro atoms. The molecule has 0 fully saturated rings. The van der Waals surface area contributed by atoms with Gasteiger partial charge in [0.1, 0.15) is 5.82 Å². The summed E-state index contributed by atoms with van der Waals surface area (Å²) < 4.78 is 13.5. The molecule has 4 rings (SSSR count). The van der Waals surface area contributed by atoms with Crippen LogP contribution in [0.5, 0.6) is 0 Å². The van der Waals surface area contributed by atoms with Gasteiger partial charge in [0, 0.05) is 32.8 Å². The Labute approximate surface area is 183 Å². The van der Waals surface area contributed by atoms with Gasteiger partial charge >= 0.3 is 0 Å². The van der Waals surface area contributed by atoms with Crippen LogP contribution in [0.1, 0.15) is 62.0 Å². The second-order valence-electron chi connectivity index (χ2n) is 7.24. The molecular formula is C25H20FNO3S. The van der Waals surface area contributed by atoms with Crippen molar-refractivity contribution < 1.29 is 18.8 Å². The lowest BCUT2D eigenvalue weighted by atomic mass is 9.83. The van der Waals surface area contributed by atoms with Crippen LogP contribution in [0.25, 0.3) is 0 Å². The summed E-state index contributed by atoms with van der Waals surface area (Å²) in [7, 11) is 0. The number of ketones is 2. The summed E-state index contributed by atoms with van der Waals surface area (Å²) in [6.45, 7) is 2.06. The molecule has 4 nitrogen and oxygen atoms in total. The molecule has 31 heavy (non-hydrogen) atoms. The predicted octanol–water partition coefficient (Wildman–Crippen LogP) is 5.75. The maximum absolute atomic E-state index is 13.5. The Morgan fingerprint density at radius 3 is 2.39 bits per heavy atom. The van der Waals surface area contributed by atoms with Crippen molar-refractivity contribution in [3.05, 3.63) is 94.3 Å². The van der Waals surface area contributed by atoms with E-state index in [2.05, 4.69) is 12.2 Å². The van der Waals surface area contributed by atoms with Crippen LogP contribution >= 0.6 is 11.8 Å². The normalized spacial score (nSPS) is 12.3. The van der Waals surface area contributed by atoms with Gasteiger partial charge in [-0.1, -0.05) is 43.7 Å². The molecule has 156 valence electrons. The fourth-order valence-corrected chi connectivity index (χ4v) is 4.87. The van der Waals surface area contributed by atoms with E-state index in [9.17, 15) is 18.8 Å². The fraction of sp³-hybridized carbons (Fsp3) is 0.160. The monoisotopic (exact) mass is 433 g/mol. The minimum Gasteiger partial charge on any atom is -0.322 e. The zero-order valence-corrected chi connectivity index (χ0v) is 17.7. The van der Waals surface area contributed by atoms with Crippen LogP contribution < -0.4 is 5.32 Å². The van der Waals surface area contributed by atoms with Crippen molar-refractivity contribution in [3.8, 4) is 0 Å². The maximum atomic E-state index is 13.5. The van der Waals surface area contributed by atoms with Crippen molar-refractivity contribution in [2.75, 3.05) is 11.1 Å². The summed E-state index contributed by atoms with van der Waals surface area (Å²) in [4.78, 5) is 39.9. The molecule has 0 unspecified atom stereocenters. The van der Waals surface area contributed by atoms with Gasteiger partial charge in [0.05, 0.1) is 5.56 Å². The van der Waals surface area contributed by atoms with E-state index in [-0.39, 0.29) is 17.1 Å². The van der Waals surface area contributed by atoms with Gasteiger partial charge in [-0.25, -0.2) is 4.39 Å². The lowest BCUT2D eigenvalue weighted by molar-refractivity contribution is 0.0975. The predicted molar refractivity (Wildman–Crippen MR) is 120 cm³/mol. The summed E-state index contributed by atoms with van der Waals surface area (Å²) >= 11 is 1.40. The van der Waals surface area contributed by atoms with Crippen LogP contribution in [0.3, 0.4) is 0 Å². The quantitative estimate of drug-likeness (QED) is 0.311. The van der Waals surface area contributed by atoms with Gasteiger partial charge < -0.3 is 5.32 Å². The van der Waals surface area contributed by atoms with E-state index in [4.69, 9.17) is 0 Å². The summed E-state index contributed by atoms with van der Waals surface area (Å²) in [5.41, 5.74) is 1.92. The van der Waals surface area contributed by atoms with Crippen LogP contribution in [0.15, 0.2) is 65.6 Å². The van der Waals surface area contributed by atoms with Crippen molar-refractivity contribution >= 4 is 34.9 Å². The number of carbonyl (C=O) groups is 3. The molecule has 0 radical (unpaired) electrons. The van der Waals surface area contributed by atoms with Crippen LogP contribution in [0.2, 0.25) is 0 Å². The van der Waals surface area contributed by atoms with Crippen molar-refractivity contribution in [3.63, 3.8) is 0 Å². The molecule has 0 heterocycles. The number of anilines is 1. The van der Waals surface area contributed by atoms with Gasteiger partial charge in [0.2, 0.25) is 0 Å². The third-order valence-electron chi connectivity index (χ3n) is 5.12. The fourth-order valence-electron chi connectivity index (χ4n) is 3.57. The van der Waals surface area contributed by atoms with Crippen molar-refractivity contribution in [2.24, 2.45) is 0 Å². The van der Waals surface area contributed by atoms with Crippen LogP contribution in [-0.4, -0.2) is 23.2 Å². The molecule has 0 aliphatic heterocycles. The van der Waals surface area contributed by atoms with Gasteiger partial charge in [-0.05, 0) is 42.5 Å².